The molecule has 0 unspecified atom stereocenters. The van der Waals surface area contributed by atoms with Crippen molar-refractivity contribution in [3.8, 4) is 0 Å². The van der Waals surface area contributed by atoms with Gasteiger partial charge in [0.2, 0.25) is 16.0 Å². The molecule has 30 heavy (non-hydrogen) atoms. The number of fused-ring (bicyclic) bond motifs is 1. The average molecular weight is 424 g/mol. The van der Waals surface area contributed by atoms with Crippen LogP contribution in [0.2, 0.25) is 0 Å². The van der Waals surface area contributed by atoms with Gasteiger partial charge in [-0.15, -0.1) is 0 Å². The standard InChI is InChI=1S/C20H17FN6O2S/c1-12-4-5-15(10-18(12)30(22,28)29)26-20-24-11-16(21)19(27-20)25-14-6-7-17-13(9-14)3-2-8-23-17/h2-11H,1H3,(H2,22,28,29)(H2,24,25,26,27). The molecule has 0 spiro atoms. The lowest BCUT2D eigenvalue weighted by Crippen LogP contribution is -2.14. The smallest absolute Gasteiger partial charge is 0.238 e. The molecule has 2 aromatic carbocycles. The van der Waals surface area contributed by atoms with Gasteiger partial charge in [-0.3, -0.25) is 4.98 Å². The van der Waals surface area contributed by atoms with Crippen LogP contribution in [0.5, 0.6) is 0 Å². The molecule has 0 aliphatic rings. The van der Waals surface area contributed by atoms with E-state index in [4.69, 9.17) is 5.14 Å². The number of pyridine rings is 1. The Morgan fingerprint density at radius 3 is 2.57 bits per heavy atom. The summed E-state index contributed by atoms with van der Waals surface area (Å²) in [5.74, 6) is -0.582. The molecule has 0 fully saturated rings. The molecule has 0 radical (unpaired) electrons. The molecule has 0 aliphatic carbocycles. The van der Waals surface area contributed by atoms with Gasteiger partial charge in [0.05, 0.1) is 16.6 Å². The minimum Gasteiger partial charge on any atom is -0.338 e. The van der Waals surface area contributed by atoms with Gasteiger partial charge in [-0.25, -0.2) is 22.9 Å². The topological polar surface area (TPSA) is 123 Å². The molecular formula is C20H17FN6O2S. The lowest BCUT2D eigenvalue weighted by atomic mass is 10.2. The van der Waals surface area contributed by atoms with Crippen molar-refractivity contribution in [3.63, 3.8) is 0 Å². The number of anilines is 4. The van der Waals surface area contributed by atoms with Crippen LogP contribution in [0, 0.1) is 12.7 Å². The van der Waals surface area contributed by atoms with E-state index < -0.39 is 15.8 Å². The highest BCUT2D eigenvalue weighted by atomic mass is 32.2. The highest BCUT2D eigenvalue weighted by molar-refractivity contribution is 7.89. The van der Waals surface area contributed by atoms with E-state index in [0.717, 1.165) is 17.1 Å². The highest BCUT2D eigenvalue weighted by Crippen LogP contribution is 2.24. The summed E-state index contributed by atoms with van der Waals surface area (Å²) in [7, 11) is -3.88. The first-order valence-electron chi connectivity index (χ1n) is 8.84. The molecule has 0 atom stereocenters. The minimum atomic E-state index is -3.88. The van der Waals surface area contributed by atoms with Crippen LogP contribution in [0.4, 0.5) is 27.5 Å². The zero-order chi connectivity index (χ0) is 21.3. The van der Waals surface area contributed by atoms with Crippen LogP contribution in [0.3, 0.4) is 0 Å². The zero-order valence-electron chi connectivity index (χ0n) is 15.8. The van der Waals surface area contributed by atoms with E-state index in [1.54, 1.807) is 31.3 Å². The second-order valence-corrected chi connectivity index (χ2v) is 8.11. The molecule has 4 rings (SSSR count). The molecule has 0 bridgehead atoms. The fraction of sp³-hybridized carbons (Fsp3) is 0.0500. The number of sulfonamides is 1. The Hall–Kier alpha value is -3.63. The third-order valence-electron chi connectivity index (χ3n) is 4.36. The molecule has 0 aliphatic heterocycles. The Balaban J connectivity index is 1.62. The maximum atomic E-state index is 14.3. The quantitative estimate of drug-likeness (QED) is 0.447. The summed E-state index contributed by atoms with van der Waals surface area (Å²) >= 11 is 0. The van der Waals surface area contributed by atoms with Crippen LogP contribution >= 0.6 is 0 Å². The van der Waals surface area contributed by atoms with E-state index in [1.165, 1.54) is 6.07 Å². The van der Waals surface area contributed by atoms with Crippen LogP contribution in [0.15, 0.2) is 65.8 Å². The number of nitrogens with one attached hydrogen (secondary N) is 2. The maximum absolute atomic E-state index is 14.3. The Bertz CT molecular complexity index is 1360. The minimum absolute atomic E-state index is 0.0160. The number of aryl methyl sites for hydroxylation is 1. The van der Waals surface area contributed by atoms with Gasteiger partial charge in [0, 0.05) is 23.0 Å². The summed E-state index contributed by atoms with van der Waals surface area (Å²) in [4.78, 5) is 12.3. The molecule has 0 saturated heterocycles. The van der Waals surface area contributed by atoms with Crippen LogP contribution in [-0.2, 0) is 10.0 Å². The van der Waals surface area contributed by atoms with Crippen LogP contribution in [0.25, 0.3) is 10.9 Å². The predicted molar refractivity (Wildman–Crippen MR) is 113 cm³/mol. The van der Waals surface area contributed by atoms with Gasteiger partial charge in [-0.05, 0) is 48.9 Å². The number of primary sulfonamides is 1. The number of rotatable bonds is 5. The summed E-state index contributed by atoms with van der Waals surface area (Å²) in [5.41, 5.74) is 2.36. The number of nitrogens with zero attached hydrogens (tertiary/aromatic N) is 3. The first-order chi connectivity index (χ1) is 14.3. The molecule has 4 aromatic rings. The van der Waals surface area contributed by atoms with Crippen molar-refractivity contribution >= 4 is 44.1 Å². The fourth-order valence-corrected chi connectivity index (χ4v) is 3.73. The Kier molecular flexibility index (Phi) is 5.02. The van der Waals surface area contributed by atoms with Crippen molar-refractivity contribution in [1.29, 1.82) is 0 Å². The van der Waals surface area contributed by atoms with Crippen LogP contribution < -0.4 is 15.8 Å². The highest BCUT2D eigenvalue weighted by Gasteiger charge is 2.13. The monoisotopic (exact) mass is 424 g/mol. The summed E-state index contributed by atoms with van der Waals surface area (Å²) in [6.07, 6.45) is 2.72. The molecular weight excluding hydrogens is 407 g/mol. The van der Waals surface area contributed by atoms with Gasteiger partial charge in [0.25, 0.3) is 0 Å². The first-order valence-corrected chi connectivity index (χ1v) is 10.4. The van der Waals surface area contributed by atoms with Crippen molar-refractivity contribution < 1.29 is 12.8 Å². The van der Waals surface area contributed by atoms with Gasteiger partial charge in [-0.2, -0.15) is 4.98 Å². The van der Waals surface area contributed by atoms with Crippen molar-refractivity contribution in [1.82, 2.24) is 15.0 Å². The molecule has 152 valence electrons. The third kappa shape index (κ3) is 4.19. The summed E-state index contributed by atoms with van der Waals surface area (Å²) in [6.45, 7) is 1.64. The Morgan fingerprint density at radius 1 is 1.00 bits per heavy atom. The van der Waals surface area contributed by atoms with E-state index >= 15 is 0 Å². The summed E-state index contributed by atoms with van der Waals surface area (Å²) < 4.78 is 37.7. The molecule has 4 N–H and O–H groups in total. The second kappa shape index (κ2) is 7.65. The van der Waals surface area contributed by atoms with Gasteiger partial charge >= 0.3 is 0 Å². The van der Waals surface area contributed by atoms with Gasteiger partial charge < -0.3 is 10.6 Å². The van der Waals surface area contributed by atoms with Crippen molar-refractivity contribution in [2.45, 2.75) is 11.8 Å². The number of hydrogen-bond donors (Lipinski definition) is 3. The molecule has 0 amide bonds. The lowest BCUT2D eigenvalue weighted by molar-refractivity contribution is 0.597. The molecule has 0 saturated carbocycles. The molecule has 2 aromatic heterocycles. The van der Waals surface area contributed by atoms with E-state index in [0.29, 0.717) is 16.9 Å². The summed E-state index contributed by atoms with van der Waals surface area (Å²) in [5, 5.41) is 11.9. The number of nitrogens with two attached hydrogens (primary N) is 1. The van der Waals surface area contributed by atoms with Crippen molar-refractivity contribution in [2.75, 3.05) is 10.6 Å². The number of benzene rings is 2. The average Bonchev–Trinajstić information content (AvgIpc) is 2.71. The largest absolute Gasteiger partial charge is 0.338 e. The maximum Gasteiger partial charge on any atom is 0.238 e. The lowest BCUT2D eigenvalue weighted by Gasteiger charge is -2.11. The Labute approximate surface area is 172 Å². The number of halogens is 1. The van der Waals surface area contributed by atoms with Crippen LogP contribution in [-0.4, -0.2) is 23.4 Å². The normalized spacial score (nSPS) is 11.4. The summed E-state index contributed by atoms with van der Waals surface area (Å²) in [6, 6.07) is 13.8. The van der Waals surface area contributed by atoms with E-state index in [-0.39, 0.29) is 16.7 Å². The number of hydrogen-bond acceptors (Lipinski definition) is 7. The van der Waals surface area contributed by atoms with E-state index in [2.05, 4.69) is 25.6 Å². The second-order valence-electron chi connectivity index (χ2n) is 6.58. The van der Waals surface area contributed by atoms with Gasteiger partial charge in [0.1, 0.15) is 0 Å². The number of aromatic nitrogens is 3. The fourth-order valence-electron chi connectivity index (χ4n) is 2.92. The van der Waals surface area contributed by atoms with E-state index in [9.17, 15) is 12.8 Å². The van der Waals surface area contributed by atoms with Crippen molar-refractivity contribution in [3.05, 3.63) is 72.3 Å². The third-order valence-corrected chi connectivity index (χ3v) is 5.41. The van der Waals surface area contributed by atoms with Gasteiger partial charge in [0.15, 0.2) is 11.6 Å². The Morgan fingerprint density at radius 2 is 1.77 bits per heavy atom. The van der Waals surface area contributed by atoms with E-state index in [1.807, 2.05) is 24.3 Å². The molecule has 2 heterocycles. The molecule has 8 nitrogen and oxygen atoms in total. The predicted octanol–water partition coefficient (Wildman–Crippen LogP) is 3.61. The SMILES string of the molecule is Cc1ccc(Nc2ncc(F)c(Nc3ccc4ncccc4c3)n2)cc1S(N)(=O)=O. The van der Waals surface area contributed by atoms with Crippen molar-refractivity contribution in [2.24, 2.45) is 5.14 Å². The van der Waals surface area contributed by atoms with Crippen LogP contribution in [0.1, 0.15) is 5.56 Å². The van der Waals surface area contributed by atoms with Gasteiger partial charge in [-0.1, -0.05) is 12.1 Å². The molecule has 10 heteroatoms. The first kappa shape index (κ1) is 19.7. The zero-order valence-corrected chi connectivity index (χ0v) is 16.6.